The van der Waals surface area contributed by atoms with Crippen molar-refractivity contribution in [3.8, 4) is 5.69 Å². The third kappa shape index (κ3) is 4.44. The maximum absolute atomic E-state index is 13.5. The van der Waals surface area contributed by atoms with E-state index in [9.17, 15) is 17.6 Å². The zero-order valence-electron chi connectivity index (χ0n) is 16.6. The highest BCUT2D eigenvalue weighted by Gasteiger charge is 2.38. The first kappa shape index (κ1) is 21.1. The van der Waals surface area contributed by atoms with Crippen LogP contribution in [0.2, 0.25) is 0 Å². The number of aromatic nitrogens is 7. The van der Waals surface area contributed by atoms with Crippen LogP contribution in [0.15, 0.2) is 64.4 Å². The Morgan fingerprint density at radius 3 is 2.55 bits per heavy atom. The van der Waals surface area contributed by atoms with Gasteiger partial charge in [-0.25, -0.2) is 14.1 Å². The van der Waals surface area contributed by atoms with Gasteiger partial charge in [0.05, 0.1) is 28.6 Å². The number of nitrogens with zero attached hydrogens (tertiary/aromatic N) is 7. The molecule has 0 aliphatic carbocycles. The van der Waals surface area contributed by atoms with E-state index in [0.717, 1.165) is 4.57 Å². The summed E-state index contributed by atoms with van der Waals surface area (Å²) in [5, 5.41) is 16.0. The van der Waals surface area contributed by atoms with E-state index in [0.29, 0.717) is 22.7 Å². The van der Waals surface area contributed by atoms with E-state index in [1.807, 2.05) is 0 Å². The molecule has 0 unspecified atom stereocenters. The van der Waals surface area contributed by atoms with Crippen molar-refractivity contribution in [3.05, 3.63) is 78.0 Å². The highest BCUT2D eigenvalue weighted by Crippen LogP contribution is 2.32. The van der Waals surface area contributed by atoms with Crippen LogP contribution in [0.5, 0.6) is 0 Å². The lowest BCUT2D eigenvalue weighted by molar-refractivity contribution is -0.146. The summed E-state index contributed by atoms with van der Waals surface area (Å²) < 4.78 is 61.5. The Morgan fingerprint density at radius 2 is 1.76 bits per heavy atom. The maximum Gasteiger partial charge on any atom is 0.449 e. The second-order valence-corrected chi connectivity index (χ2v) is 7.82. The molecule has 0 saturated heterocycles. The molecule has 0 atom stereocenters. The Kier molecular flexibility index (Phi) is 5.32. The lowest BCUT2D eigenvalue weighted by Gasteiger charge is -2.09. The van der Waals surface area contributed by atoms with Crippen LogP contribution in [-0.4, -0.2) is 34.7 Å². The fraction of sp³-hybridized carbons (Fsp3) is 0.150. The topological polar surface area (TPSA) is 87.5 Å². The first-order chi connectivity index (χ1) is 15.9. The Bertz CT molecular complexity index is 1410. The zero-order valence-corrected chi connectivity index (χ0v) is 17.4. The van der Waals surface area contributed by atoms with Gasteiger partial charge >= 0.3 is 6.18 Å². The van der Waals surface area contributed by atoms with Gasteiger partial charge in [-0.3, -0.25) is 0 Å². The SMILES string of the molecule is Fc1ccc(-n2cc(CSc3nnc(Cn4c(C(F)(F)F)nc5ccccc54)o3)nn2)cc1. The van der Waals surface area contributed by atoms with E-state index in [-0.39, 0.29) is 29.0 Å². The van der Waals surface area contributed by atoms with Crippen LogP contribution in [0.3, 0.4) is 0 Å². The Hall–Kier alpha value is -3.74. The number of halogens is 4. The van der Waals surface area contributed by atoms with Crippen molar-refractivity contribution in [2.75, 3.05) is 0 Å². The Balaban J connectivity index is 1.30. The van der Waals surface area contributed by atoms with Crippen LogP contribution in [0.1, 0.15) is 17.4 Å². The molecule has 168 valence electrons. The number of hydrogen-bond donors (Lipinski definition) is 0. The molecule has 13 heteroatoms. The molecule has 0 spiro atoms. The summed E-state index contributed by atoms with van der Waals surface area (Å²) in [5.74, 6) is -1.03. The first-order valence-corrected chi connectivity index (χ1v) is 10.5. The monoisotopic (exact) mass is 475 g/mol. The van der Waals surface area contributed by atoms with Crippen LogP contribution in [0, 0.1) is 5.82 Å². The molecule has 8 nitrogen and oxygen atoms in total. The number of para-hydroxylation sites is 2. The minimum atomic E-state index is -4.63. The van der Waals surface area contributed by atoms with Gasteiger partial charge in [0.1, 0.15) is 12.4 Å². The fourth-order valence-electron chi connectivity index (χ4n) is 3.17. The molecule has 0 saturated carbocycles. The van der Waals surface area contributed by atoms with Crippen LogP contribution in [0.25, 0.3) is 16.7 Å². The van der Waals surface area contributed by atoms with Crippen LogP contribution in [0.4, 0.5) is 17.6 Å². The summed E-state index contributed by atoms with van der Waals surface area (Å²) in [6.07, 6.45) is -2.96. The van der Waals surface area contributed by atoms with Crippen molar-refractivity contribution >= 4 is 22.8 Å². The number of alkyl halides is 3. The summed E-state index contributed by atoms with van der Waals surface area (Å²) in [6.45, 7) is -0.274. The highest BCUT2D eigenvalue weighted by atomic mass is 32.2. The third-order valence-electron chi connectivity index (χ3n) is 4.63. The largest absolute Gasteiger partial charge is 0.449 e. The van der Waals surface area contributed by atoms with Crippen LogP contribution < -0.4 is 0 Å². The molecule has 3 heterocycles. The molecule has 5 rings (SSSR count). The Labute approximate surface area is 187 Å². The molecule has 0 bridgehead atoms. The molecule has 0 N–H and O–H groups in total. The second kappa shape index (κ2) is 8.31. The minimum Gasteiger partial charge on any atom is -0.414 e. The summed E-state index contributed by atoms with van der Waals surface area (Å²) in [4.78, 5) is 3.70. The van der Waals surface area contributed by atoms with Crippen LogP contribution >= 0.6 is 11.8 Å². The molecule has 2 aromatic carbocycles. The van der Waals surface area contributed by atoms with E-state index in [4.69, 9.17) is 4.42 Å². The van der Waals surface area contributed by atoms with Crippen molar-refractivity contribution in [3.63, 3.8) is 0 Å². The lowest BCUT2D eigenvalue weighted by Crippen LogP contribution is -2.15. The average molecular weight is 475 g/mol. The van der Waals surface area contributed by atoms with Gasteiger partial charge in [0.25, 0.3) is 5.22 Å². The smallest absolute Gasteiger partial charge is 0.414 e. The first-order valence-electron chi connectivity index (χ1n) is 9.51. The lowest BCUT2D eigenvalue weighted by atomic mass is 10.3. The number of fused-ring (bicyclic) bond motifs is 1. The van der Waals surface area contributed by atoms with E-state index in [1.165, 1.54) is 34.6 Å². The van der Waals surface area contributed by atoms with Crippen molar-refractivity contribution in [1.82, 2.24) is 34.7 Å². The average Bonchev–Trinajstić information content (AvgIpc) is 3.52. The van der Waals surface area contributed by atoms with Crippen LogP contribution in [-0.2, 0) is 18.5 Å². The molecule has 5 aromatic rings. The molecule has 0 amide bonds. The van der Waals surface area contributed by atoms with E-state index < -0.39 is 12.0 Å². The van der Waals surface area contributed by atoms with Crippen molar-refractivity contribution in [1.29, 1.82) is 0 Å². The van der Waals surface area contributed by atoms with Gasteiger partial charge in [-0.15, -0.1) is 15.3 Å². The molecular formula is C20H13F4N7OS. The van der Waals surface area contributed by atoms with Gasteiger partial charge in [0.15, 0.2) is 0 Å². The molecule has 0 fully saturated rings. The third-order valence-corrected chi connectivity index (χ3v) is 5.48. The molecule has 0 aliphatic heterocycles. The standard InChI is InChI=1S/C20H13F4N7OS/c21-12-5-7-14(8-6-12)31-9-13(26-29-31)11-33-19-28-27-17(32-19)10-30-16-4-2-1-3-15(16)25-18(30)20(22,23)24/h1-9H,10-11H2. The van der Waals surface area contributed by atoms with Gasteiger partial charge < -0.3 is 8.98 Å². The molecule has 33 heavy (non-hydrogen) atoms. The number of imidazole rings is 1. The molecule has 0 radical (unpaired) electrons. The second-order valence-electron chi connectivity index (χ2n) is 6.89. The van der Waals surface area contributed by atoms with Gasteiger partial charge in [0.2, 0.25) is 11.7 Å². The number of rotatable bonds is 6. The summed E-state index contributed by atoms with van der Waals surface area (Å²) in [5.41, 5.74) is 1.79. The maximum atomic E-state index is 13.5. The van der Waals surface area contributed by atoms with E-state index in [1.54, 1.807) is 36.5 Å². The summed E-state index contributed by atoms with van der Waals surface area (Å²) >= 11 is 1.17. The number of benzene rings is 2. The summed E-state index contributed by atoms with van der Waals surface area (Å²) in [7, 11) is 0. The minimum absolute atomic E-state index is 0.0149. The van der Waals surface area contributed by atoms with Crippen molar-refractivity contribution in [2.45, 2.75) is 23.7 Å². The van der Waals surface area contributed by atoms with Gasteiger partial charge in [0, 0.05) is 5.75 Å². The fourth-order valence-corrected chi connectivity index (χ4v) is 3.83. The van der Waals surface area contributed by atoms with Crippen molar-refractivity contribution < 1.29 is 22.0 Å². The van der Waals surface area contributed by atoms with Gasteiger partial charge in [-0.05, 0) is 36.4 Å². The van der Waals surface area contributed by atoms with E-state index in [2.05, 4.69) is 25.5 Å². The zero-order chi connectivity index (χ0) is 23.0. The van der Waals surface area contributed by atoms with Gasteiger partial charge in [-0.1, -0.05) is 29.1 Å². The van der Waals surface area contributed by atoms with Gasteiger partial charge in [-0.2, -0.15) is 13.2 Å². The Morgan fingerprint density at radius 1 is 0.970 bits per heavy atom. The summed E-state index contributed by atoms with van der Waals surface area (Å²) in [6, 6.07) is 12.1. The molecule has 3 aromatic heterocycles. The predicted molar refractivity (Wildman–Crippen MR) is 109 cm³/mol. The van der Waals surface area contributed by atoms with Crippen molar-refractivity contribution in [2.24, 2.45) is 0 Å². The number of thioether (sulfide) groups is 1. The predicted octanol–water partition coefficient (Wildman–Crippen LogP) is 4.50. The normalized spacial score (nSPS) is 12.0. The highest BCUT2D eigenvalue weighted by molar-refractivity contribution is 7.98. The molecule has 0 aliphatic rings. The molecular weight excluding hydrogens is 462 g/mol. The quantitative estimate of drug-likeness (QED) is 0.264. The number of hydrogen-bond acceptors (Lipinski definition) is 7. The van der Waals surface area contributed by atoms with E-state index >= 15 is 0 Å².